The Labute approximate surface area is 155 Å². The van der Waals surface area contributed by atoms with Crippen LogP contribution >= 0.6 is 35.3 Å². The highest BCUT2D eigenvalue weighted by molar-refractivity contribution is 7.98. The van der Waals surface area contributed by atoms with Crippen LogP contribution in [0, 0.1) is 4.77 Å². The van der Waals surface area contributed by atoms with E-state index in [9.17, 15) is 0 Å². The van der Waals surface area contributed by atoms with E-state index in [-0.39, 0.29) is 0 Å². The second-order valence-electron chi connectivity index (χ2n) is 5.65. The standard InChI is InChI=1S/C17H20N4S3/c1-19(11-13-6-8-14(23-3)9-7-13)12-21-17(22)20(2)16(18-21)15-5-4-10-24-15/h4-10H,11-12H2,1-3H3. The lowest BCUT2D eigenvalue weighted by Crippen LogP contribution is -2.22. The number of rotatable bonds is 6. The smallest absolute Gasteiger partial charge is 0.199 e. The van der Waals surface area contributed by atoms with Gasteiger partial charge < -0.3 is 4.57 Å². The van der Waals surface area contributed by atoms with Crippen molar-refractivity contribution in [1.29, 1.82) is 0 Å². The van der Waals surface area contributed by atoms with Crippen molar-refractivity contribution >= 4 is 35.3 Å². The lowest BCUT2D eigenvalue weighted by molar-refractivity contribution is 0.244. The quantitative estimate of drug-likeness (QED) is 0.468. The van der Waals surface area contributed by atoms with Crippen LogP contribution < -0.4 is 0 Å². The Morgan fingerprint density at radius 1 is 1.25 bits per heavy atom. The predicted molar refractivity (Wildman–Crippen MR) is 105 cm³/mol. The van der Waals surface area contributed by atoms with Crippen molar-refractivity contribution in [2.75, 3.05) is 13.3 Å². The molecule has 1 aromatic carbocycles. The van der Waals surface area contributed by atoms with Gasteiger partial charge in [0.2, 0.25) is 0 Å². The molecule has 0 saturated heterocycles. The average molecular weight is 377 g/mol. The molecule has 0 aliphatic rings. The van der Waals surface area contributed by atoms with Crippen LogP contribution in [0.25, 0.3) is 10.7 Å². The zero-order chi connectivity index (χ0) is 17.1. The molecule has 0 saturated carbocycles. The summed E-state index contributed by atoms with van der Waals surface area (Å²) in [4.78, 5) is 4.64. The number of nitrogens with zero attached hydrogens (tertiary/aromatic N) is 4. The molecule has 0 aliphatic carbocycles. The second kappa shape index (κ2) is 7.65. The molecule has 2 heterocycles. The Morgan fingerprint density at radius 3 is 2.62 bits per heavy atom. The van der Waals surface area contributed by atoms with Gasteiger partial charge in [0, 0.05) is 18.5 Å². The first-order chi connectivity index (χ1) is 11.6. The van der Waals surface area contributed by atoms with Crippen molar-refractivity contribution < 1.29 is 0 Å². The third kappa shape index (κ3) is 3.80. The number of aromatic nitrogens is 3. The summed E-state index contributed by atoms with van der Waals surface area (Å²) in [6, 6.07) is 12.8. The third-order valence-electron chi connectivity index (χ3n) is 3.77. The maximum atomic E-state index is 5.54. The summed E-state index contributed by atoms with van der Waals surface area (Å²) < 4.78 is 4.60. The highest BCUT2D eigenvalue weighted by Crippen LogP contribution is 2.23. The normalized spacial score (nSPS) is 11.3. The van der Waals surface area contributed by atoms with Crippen LogP contribution in [0.2, 0.25) is 0 Å². The van der Waals surface area contributed by atoms with Crippen LogP contribution in [0.5, 0.6) is 0 Å². The molecule has 0 bridgehead atoms. The fraction of sp³-hybridized carbons (Fsp3) is 0.294. The molecule has 2 aromatic heterocycles. The Balaban J connectivity index is 1.73. The Bertz CT molecular complexity index is 847. The summed E-state index contributed by atoms with van der Waals surface area (Å²) in [7, 11) is 4.06. The summed E-state index contributed by atoms with van der Waals surface area (Å²) in [6.07, 6.45) is 2.09. The van der Waals surface area contributed by atoms with Crippen LogP contribution in [-0.2, 0) is 20.3 Å². The zero-order valence-electron chi connectivity index (χ0n) is 14.0. The number of hydrogen-bond donors (Lipinski definition) is 0. The Kier molecular flexibility index (Phi) is 5.55. The summed E-state index contributed by atoms with van der Waals surface area (Å²) in [5.41, 5.74) is 1.29. The molecule has 0 unspecified atom stereocenters. The molecular weight excluding hydrogens is 356 g/mol. The molecule has 0 spiro atoms. The molecule has 0 amide bonds. The van der Waals surface area contributed by atoms with E-state index in [0.717, 1.165) is 22.0 Å². The minimum Gasteiger partial charge on any atom is -0.302 e. The van der Waals surface area contributed by atoms with Crippen molar-refractivity contribution in [2.45, 2.75) is 18.1 Å². The van der Waals surface area contributed by atoms with Crippen molar-refractivity contribution in [3.63, 3.8) is 0 Å². The van der Waals surface area contributed by atoms with Gasteiger partial charge in [0.15, 0.2) is 10.6 Å². The van der Waals surface area contributed by atoms with E-state index < -0.39 is 0 Å². The highest BCUT2D eigenvalue weighted by atomic mass is 32.2. The molecule has 3 rings (SSSR count). The maximum Gasteiger partial charge on any atom is 0.199 e. The fourth-order valence-corrected chi connectivity index (χ4v) is 3.86. The Hall–Kier alpha value is -1.41. The average Bonchev–Trinajstić information content (AvgIpc) is 3.20. The van der Waals surface area contributed by atoms with Crippen molar-refractivity contribution in [3.05, 3.63) is 52.1 Å². The molecule has 3 aromatic rings. The number of thiophene rings is 1. The summed E-state index contributed by atoms with van der Waals surface area (Å²) in [5, 5.41) is 6.76. The zero-order valence-corrected chi connectivity index (χ0v) is 16.4. The molecule has 0 N–H and O–H groups in total. The van der Waals surface area contributed by atoms with Gasteiger partial charge in [-0.25, -0.2) is 4.68 Å². The first-order valence-electron chi connectivity index (χ1n) is 7.57. The maximum absolute atomic E-state index is 5.54. The summed E-state index contributed by atoms with van der Waals surface area (Å²) in [6.45, 7) is 1.53. The predicted octanol–water partition coefficient (Wildman–Crippen LogP) is 4.49. The minimum atomic E-state index is 0.669. The number of thioether (sulfide) groups is 1. The van der Waals surface area contributed by atoms with Gasteiger partial charge in [0.05, 0.1) is 11.5 Å². The largest absolute Gasteiger partial charge is 0.302 e. The molecule has 126 valence electrons. The second-order valence-corrected chi connectivity index (χ2v) is 7.84. The van der Waals surface area contributed by atoms with E-state index in [0.29, 0.717) is 6.67 Å². The topological polar surface area (TPSA) is 26.0 Å². The van der Waals surface area contributed by atoms with Crippen LogP contribution in [-0.4, -0.2) is 32.6 Å². The molecule has 0 fully saturated rings. The van der Waals surface area contributed by atoms with Gasteiger partial charge in [-0.05, 0) is 54.7 Å². The minimum absolute atomic E-state index is 0.669. The lowest BCUT2D eigenvalue weighted by atomic mass is 10.2. The first-order valence-corrected chi connectivity index (χ1v) is 10.1. The number of hydrogen-bond acceptors (Lipinski definition) is 5. The van der Waals surface area contributed by atoms with Crippen molar-refractivity contribution in [3.8, 4) is 10.7 Å². The third-order valence-corrected chi connectivity index (χ3v) is 5.86. The molecule has 0 aliphatic heterocycles. The molecular formula is C17H20N4S3. The van der Waals surface area contributed by atoms with Gasteiger partial charge in [-0.3, -0.25) is 4.90 Å². The summed E-state index contributed by atoms with van der Waals surface area (Å²) >= 11 is 8.98. The van der Waals surface area contributed by atoms with Gasteiger partial charge in [0.25, 0.3) is 0 Å². The van der Waals surface area contributed by atoms with E-state index in [1.54, 1.807) is 23.1 Å². The van der Waals surface area contributed by atoms with Crippen LogP contribution in [0.4, 0.5) is 0 Å². The van der Waals surface area contributed by atoms with E-state index in [2.05, 4.69) is 53.9 Å². The van der Waals surface area contributed by atoms with Crippen molar-refractivity contribution in [2.24, 2.45) is 7.05 Å². The van der Waals surface area contributed by atoms with Gasteiger partial charge in [-0.1, -0.05) is 18.2 Å². The van der Waals surface area contributed by atoms with E-state index in [4.69, 9.17) is 17.3 Å². The van der Waals surface area contributed by atoms with Gasteiger partial charge in [-0.2, -0.15) is 0 Å². The van der Waals surface area contributed by atoms with E-state index >= 15 is 0 Å². The van der Waals surface area contributed by atoms with E-state index in [1.807, 2.05) is 22.4 Å². The van der Waals surface area contributed by atoms with Crippen LogP contribution in [0.1, 0.15) is 5.56 Å². The lowest BCUT2D eigenvalue weighted by Gasteiger charge is -2.16. The summed E-state index contributed by atoms with van der Waals surface area (Å²) in [5.74, 6) is 0.924. The van der Waals surface area contributed by atoms with Crippen LogP contribution in [0.3, 0.4) is 0 Å². The Morgan fingerprint density at radius 2 is 2.00 bits per heavy atom. The highest BCUT2D eigenvalue weighted by Gasteiger charge is 2.12. The first kappa shape index (κ1) is 17.4. The monoisotopic (exact) mass is 376 g/mol. The van der Waals surface area contributed by atoms with Gasteiger partial charge in [0.1, 0.15) is 0 Å². The molecule has 4 nitrogen and oxygen atoms in total. The SMILES string of the molecule is CSc1ccc(CN(C)Cn2nc(-c3cccs3)n(C)c2=S)cc1. The van der Waals surface area contributed by atoms with Crippen LogP contribution in [0.15, 0.2) is 46.7 Å². The molecule has 7 heteroatoms. The molecule has 0 radical (unpaired) electrons. The molecule has 0 atom stereocenters. The number of benzene rings is 1. The van der Waals surface area contributed by atoms with E-state index in [1.165, 1.54) is 10.5 Å². The van der Waals surface area contributed by atoms with Crippen molar-refractivity contribution in [1.82, 2.24) is 19.2 Å². The van der Waals surface area contributed by atoms with Gasteiger partial charge in [-0.15, -0.1) is 28.2 Å². The van der Waals surface area contributed by atoms with Gasteiger partial charge >= 0.3 is 0 Å². The fourth-order valence-electron chi connectivity index (χ4n) is 2.52. The molecule has 24 heavy (non-hydrogen) atoms.